The molecule has 1 unspecified atom stereocenters. The lowest BCUT2D eigenvalue weighted by molar-refractivity contribution is 0.200. The highest BCUT2D eigenvalue weighted by Gasteiger charge is 2.30. The fraction of sp³-hybridized carbons (Fsp3) is 0.429. The van der Waals surface area contributed by atoms with Crippen LogP contribution in [-0.2, 0) is 13.0 Å². The van der Waals surface area contributed by atoms with E-state index >= 15 is 0 Å². The van der Waals surface area contributed by atoms with Crippen LogP contribution in [0.3, 0.4) is 0 Å². The average molecular weight is 384 g/mol. The summed E-state index contributed by atoms with van der Waals surface area (Å²) >= 11 is 0. The Hall–Kier alpha value is -2.54. The standard InChI is InChI=1S/C21H22F2N4O/c1-12-15-5-7-27(21(15)26-11-25-12)13-2-3-14(8-13)28-19-9-18(22)20(23)16-4-6-24-10-17(16)19/h5,7,9,11,13-14,24H,2-4,6,8,10H2,1H3/t13?,14-/m1/s1. The lowest BCUT2D eigenvalue weighted by atomic mass is 9.99. The van der Waals surface area contributed by atoms with Crippen LogP contribution < -0.4 is 10.1 Å². The first kappa shape index (κ1) is 17.6. The van der Waals surface area contributed by atoms with Gasteiger partial charge in [0.1, 0.15) is 23.8 Å². The van der Waals surface area contributed by atoms with Crippen LogP contribution in [0.4, 0.5) is 8.78 Å². The molecule has 1 aliphatic heterocycles. The van der Waals surface area contributed by atoms with Gasteiger partial charge < -0.3 is 14.6 Å². The third-order valence-electron chi connectivity index (χ3n) is 6.00. The van der Waals surface area contributed by atoms with Crippen molar-refractivity contribution in [3.63, 3.8) is 0 Å². The van der Waals surface area contributed by atoms with Crippen LogP contribution in [0.1, 0.15) is 42.1 Å². The molecular weight excluding hydrogens is 362 g/mol. The number of nitrogens with zero attached hydrogens (tertiary/aromatic N) is 3. The predicted octanol–water partition coefficient (Wildman–Crippen LogP) is 3.84. The largest absolute Gasteiger partial charge is 0.490 e. The quantitative estimate of drug-likeness (QED) is 0.746. The molecule has 146 valence electrons. The Kier molecular flexibility index (Phi) is 4.27. The second kappa shape index (κ2) is 6.81. The van der Waals surface area contributed by atoms with Gasteiger partial charge in [0.05, 0.1) is 5.69 Å². The van der Waals surface area contributed by atoms with Gasteiger partial charge in [-0.15, -0.1) is 0 Å². The van der Waals surface area contributed by atoms with Gasteiger partial charge in [-0.3, -0.25) is 0 Å². The molecule has 1 N–H and O–H groups in total. The molecule has 5 rings (SSSR count). The second-order valence-electron chi connectivity index (χ2n) is 7.68. The third-order valence-corrected chi connectivity index (χ3v) is 6.00. The van der Waals surface area contributed by atoms with Gasteiger partial charge in [-0.05, 0) is 38.8 Å². The van der Waals surface area contributed by atoms with Gasteiger partial charge >= 0.3 is 0 Å². The molecule has 2 aromatic heterocycles. The Morgan fingerprint density at radius 3 is 3.00 bits per heavy atom. The summed E-state index contributed by atoms with van der Waals surface area (Å²) in [6.07, 6.45) is 6.75. The number of aromatic nitrogens is 3. The zero-order valence-electron chi connectivity index (χ0n) is 15.7. The minimum atomic E-state index is -0.825. The van der Waals surface area contributed by atoms with Crippen LogP contribution in [0.15, 0.2) is 24.7 Å². The third kappa shape index (κ3) is 2.85. The molecule has 0 amide bonds. The molecular formula is C21H22F2N4O. The summed E-state index contributed by atoms with van der Waals surface area (Å²) in [6, 6.07) is 3.53. The van der Waals surface area contributed by atoms with E-state index in [1.54, 1.807) is 6.33 Å². The van der Waals surface area contributed by atoms with Crippen LogP contribution in [0, 0.1) is 18.6 Å². The number of benzene rings is 1. The first-order valence-electron chi connectivity index (χ1n) is 9.77. The summed E-state index contributed by atoms with van der Waals surface area (Å²) in [5.41, 5.74) is 3.11. The topological polar surface area (TPSA) is 52.0 Å². The fourth-order valence-corrected chi connectivity index (χ4v) is 4.53. The summed E-state index contributed by atoms with van der Waals surface area (Å²) in [4.78, 5) is 8.70. The zero-order valence-corrected chi connectivity index (χ0v) is 15.7. The van der Waals surface area contributed by atoms with Gasteiger partial charge in [0.15, 0.2) is 11.6 Å². The maximum Gasteiger partial charge on any atom is 0.162 e. The summed E-state index contributed by atoms with van der Waals surface area (Å²) in [6.45, 7) is 3.14. The average Bonchev–Trinajstić information content (AvgIpc) is 3.33. The number of rotatable bonds is 3. The molecule has 0 spiro atoms. The van der Waals surface area contributed by atoms with E-state index in [0.717, 1.165) is 41.6 Å². The predicted molar refractivity (Wildman–Crippen MR) is 101 cm³/mol. The number of aryl methyl sites for hydroxylation is 1. The fourth-order valence-electron chi connectivity index (χ4n) is 4.53. The van der Waals surface area contributed by atoms with Crippen LogP contribution in [0.25, 0.3) is 11.0 Å². The van der Waals surface area contributed by atoms with Gasteiger partial charge in [0.2, 0.25) is 0 Å². The number of hydrogen-bond donors (Lipinski definition) is 1. The molecule has 0 radical (unpaired) electrons. The van der Waals surface area contributed by atoms with Gasteiger partial charge in [0, 0.05) is 47.8 Å². The summed E-state index contributed by atoms with van der Waals surface area (Å²) in [7, 11) is 0. The van der Waals surface area contributed by atoms with Gasteiger partial charge in [0.25, 0.3) is 0 Å². The van der Waals surface area contributed by atoms with Crippen LogP contribution in [-0.4, -0.2) is 27.2 Å². The van der Waals surface area contributed by atoms with E-state index < -0.39 is 11.6 Å². The highest BCUT2D eigenvalue weighted by atomic mass is 19.2. The molecule has 28 heavy (non-hydrogen) atoms. The Morgan fingerprint density at radius 1 is 1.21 bits per heavy atom. The Balaban J connectivity index is 1.39. The maximum atomic E-state index is 14.1. The molecule has 5 nitrogen and oxygen atoms in total. The number of nitrogens with one attached hydrogen (secondary N) is 1. The van der Waals surface area contributed by atoms with Gasteiger partial charge in [-0.1, -0.05) is 0 Å². The lowest BCUT2D eigenvalue weighted by Crippen LogP contribution is -2.26. The van der Waals surface area contributed by atoms with E-state index in [9.17, 15) is 8.78 Å². The van der Waals surface area contributed by atoms with E-state index in [1.165, 1.54) is 6.07 Å². The first-order chi connectivity index (χ1) is 13.6. The molecule has 2 atom stereocenters. The molecule has 1 aromatic carbocycles. The summed E-state index contributed by atoms with van der Waals surface area (Å²) in [5.74, 6) is -1.09. The SMILES string of the molecule is Cc1ncnc2c1ccn2C1CC[C@@H](Oc2cc(F)c(F)c3c2CNCC3)C1. The summed E-state index contributed by atoms with van der Waals surface area (Å²) < 4.78 is 36.6. The monoisotopic (exact) mass is 384 g/mol. The van der Waals surface area contributed by atoms with Crippen molar-refractivity contribution < 1.29 is 13.5 Å². The number of hydrogen-bond acceptors (Lipinski definition) is 4. The van der Waals surface area contributed by atoms with Crippen LogP contribution in [0.5, 0.6) is 5.75 Å². The Morgan fingerprint density at radius 2 is 2.11 bits per heavy atom. The van der Waals surface area contributed by atoms with Crippen molar-refractivity contribution in [3.8, 4) is 5.75 Å². The van der Waals surface area contributed by atoms with E-state index in [0.29, 0.717) is 30.8 Å². The van der Waals surface area contributed by atoms with Crippen molar-refractivity contribution in [2.24, 2.45) is 0 Å². The molecule has 1 aliphatic carbocycles. The maximum absolute atomic E-state index is 14.1. The smallest absolute Gasteiger partial charge is 0.162 e. The minimum Gasteiger partial charge on any atom is -0.490 e. The second-order valence-corrected chi connectivity index (χ2v) is 7.68. The van der Waals surface area contributed by atoms with Crippen molar-refractivity contribution in [1.82, 2.24) is 19.9 Å². The van der Waals surface area contributed by atoms with E-state index in [4.69, 9.17) is 4.74 Å². The lowest BCUT2D eigenvalue weighted by Gasteiger charge is -2.24. The van der Waals surface area contributed by atoms with Crippen molar-refractivity contribution in [2.75, 3.05) is 6.54 Å². The molecule has 7 heteroatoms. The first-order valence-corrected chi connectivity index (χ1v) is 9.77. The van der Waals surface area contributed by atoms with Gasteiger partial charge in [-0.25, -0.2) is 18.7 Å². The van der Waals surface area contributed by atoms with Crippen molar-refractivity contribution >= 4 is 11.0 Å². The molecule has 3 heterocycles. The normalized spacial score (nSPS) is 21.8. The number of fused-ring (bicyclic) bond motifs is 2. The highest BCUT2D eigenvalue weighted by molar-refractivity contribution is 5.78. The van der Waals surface area contributed by atoms with Crippen molar-refractivity contribution in [1.29, 1.82) is 0 Å². The molecule has 1 saturated carbocycles. The Labute approximate surface area is 161 Å². The summed E-state index contributed by atoms with van der Waals surface area (Å²) in [5, 5.41) is 4.28. The van der Waals surface area contributed by atoms with Crippen molar-refractivity contribution in [3.05, 3.63) is 53.1 Å². The van der Waals surface area contributed by atoms with E-state index in [2.05, 4.69) is 32.1 Å². The zero-order chi connectivity index (χ0) is 19.3. The van der Waals surface area contributed by atoms with E-state index in [-0.39, 0.29) is 12.1 Å². The van der Waals surface area contributed by atoms with Crippen molar-refractivity contribution in [2.45, 2.75) is 51.3 Å². The highest BCUT2D eigenvalue weighted by Crippen LogP contribution is 2.37. The van der Waals surface area contributed by atoms with Crippen LogP contribution >= 0.6 is 0 Å². The molecule has 0 bridgehead atoms. The van der Waals surface area contributed by atoms with E-state index in [1.807, 2.05) is 6.92 Å². The van der Waals surface area contributed by atoms with Gasteiger partial charge in [-0.2, -0.15) is 0 Å². The molecule has 3 aromatic rings. The molecule has 0 saturated heterocycles. The Bertz CT molecular complexity index is 1050. The molecule has 1 fully saturated rings. The van der Waals surface area contributed by atoms with Crippen LogP contribution in [0.2, 0.25) is 0 Å². The minimum absolute atomic E-state index is 0.0266. The number of halogens is 2. The number of ether oxygens (including phenoxy) is 1. The molecule has 2 aliphatic rings.